The second-order valence-corrected chi connectivity index (χ2v) is 8.65. The highest BCUT2D eigenvalue weighted by molar-refractivity contribution is 7.09. The van der Waals surface area contributed by atoms with Crippen molar-refractivity contribution in [3.63, 3.8) is 0 Å². The lowest BCUT2D eigenvalue weighted by molar-refractivity contribution is -0.120. The van der Waals surface area contributed by atoms with E-state index in [1.807, 2.05) is 13.0 Å². The molecule has 4 rings (SSSR count). The lowest BCUT2D eigenvalue weighted by Gasteiger charge is -2.12. The highest BCUT2D eigenvalue weighted by atomic mass is 35.5. The molecule has 0 saturated heterocycles. The van der Waals surface area contributed by atoms with Crippen molar-refractivity contribution in [1.29, 1.82) is 0 Å². The average Bonchev–Trinajstić information content (AvgIpc) is 3.01. The predicted molar refractivity (Wildman–Crippen MR) is 120 cm³/mol. The smallest absolute Gasteiger partial charge is 0.224 e. The van der Waals surface area contributed by atoms with Gasteiger partial charge in [0.05, 0.1) is 35.4 Å². The van der Waals surface area contributed by atoms with Gasteiger partial charge in [-0.3, -0.25) is 4.79 Å². The Morgan fingerprint density at radius 2 is 1.97 bits per heavy atom. The number of nitrogens with zero attached hydrogens (tertiary/aromatic N) is 1. The van der Waals surface area contributed by atoms with Gasteiger partial charge in [0.25, 0.3) is 0 Å². The molecule has 5 nitrogen and oxygen atoms in total. The maximum atomic E-state index is 12.4. The molecule has 1 aliphatic heterocycles. The van der Waals surface area contributed by atoms with Gasteiger partial charge in [-0.1, -0.05) is 35.9 Å². The minimum atomic E-state index is -0.0462. The molecule has 1 aliphatic rings. The summed E-state index contributed by atoms with van der Waals surface area (Å²) in [5.41, 5.74) is 4.10. The van der Waals surface area contributed by atoms with Crippen LogP contribution in [0.15, 0.2) is 41.8 Å². The highest BCUT2D eigenvalue weighted by Crippen LogP contribution is 2.38. The van der Waals surface area contributed by atoms with Crippen LogP contribution in [0.5, 0.6) is 11.5 Å². The summed E-state index contributed by atoms with van der Waals surface area (Å²) in [6, 6.07) is 11.9. The Kier molecular flexibility index (Phi) is 6.55. The van der Waals surface area contributed by atoms with E-state index in [9.17, 15) is 4.79 Å². The molecule has 156 valence electrons. The van der Waals surface area contributed by atoms with Crippen LogP contribution in [-0.2, 0) is 17.6 Å². The summed E-state index contributed by atoms with van der Waals surface area (Å²) in [6.45, 7) is 3.74. The third kappa shape index (κ3) is 5.12. The minimum Gasteiger partial charge on any atom is -0.489 e. The Hall–Kier alpha value is -2.57. The Balaban J connectivity index is 1.29. The van der Waals surface area contributed by atoms with Crippen LogP contribution in [0.2, 0.25) is 5.02 Å². The molecule has 0 aliphatic carbocycles. The normalized spacial score (nSPS) is 13.0. The van der Waals surface area contributed by atoms with Gasteiger partial charge in [0.2, 0.25) is 5.91 Å². The lowest BCUT2D eigenvalue weighted by atomic mass is 10.1. The topological polar surface area (TPSA) is 60.5 Å². The number of aryl methyl sites for hydroxylation is 1. The summed E-state index contributed by atoms with van der Waals surface area (Å²) in [5, 5.41) is 6.58. The largest absolute Gasteiger partial charge is 0.489 e. The van der Waals surface area contributed by atoms with Gasteiger partial charge in [-0.05, 0) is 36.6 Å². The number of benzene rings is 2. The van der Waals surface area contributed by atoms with Crippen molar-refractivity contribution in [2.24, 2.45) is 0 Å². The van der Waals surface area contributed by atoms with E-state index >= 15 is 0 Å². The molecule has 2 aromatic carbocycles. The first kappa shape index (κ1) is 20.7. The maximum absolute atomic E-state index is 12.4. The quantitative estimate of drug-likeness (QED) is 0.593. The Labute approximate surface area is 185 Å². The number of ether oxygens (including phenoxy) is 2. The summed E-state index contributed by atoms with van der Waals surface area (Å²) in [7, 11) is 0. The lowest BCUT2D eigenvalue weighted by Crippen LogP contribution is -2.27. The molecular weight excluding hydrogens is 420 g/mol. The van der Waals surface area contributed by atoms with E-state index in [2.05, 4.69) is 39.9 Å². The fourth-order valence-corrected chi connectivity index (χ4v) is 4.23. The standard InChI is InChI=1S/C23H23ClN2O3S/c1-15-26-20(14-30-15)18-5-3-16(4-6-18)7-8-25-22(27)13-17-11-19(24)23-21(12-17)28-9-2-10-29-23/h3-6,11-12,14H,2,7-10,13H2,1H3,(H,25,27). The second-order valence-electron chi connectivity index (χ2n) is 7.18. The molecule has 0 fully saturated rings. The summed E-state index contributed by atoms with van der Waals surface area (Å²) in [6.07, 6.45) is 1.83. The van der Waals surface area contributed by atoms with Gasteiger partial charge in [0.1, 0.15) is 0 Å². The van der Waals surface area contributed by atoms with E-state index in [1.165, 1.54) is 5.56 Å². The number of thiazole rings is 1. The molecule has 0 spiro atoms. The minimum absolute atomic E-state index is 0.0462. The number of aromatic nitrogens is 1. The molecule has 0 atom stereocenters. The summed E-state index contributed by atoms with van der Waals surface area (Å²) < 4.78 is 11.3. The number of carbonyl (C=O) groups excluding carboxylic acids is 1. The van der Waals surface area contributed by atoms with Crippen LogP contribution in [0.4, 0.5) is 0 Å². The molecule has 30 heavy (non-hydrogen) atoms. The van der Waals surface area contributed by atoms with Crippen LogP contribution in [0, 0.1) is 6.92 Å². The van der Waals surface area contributed by atoms with E-state index in [0.29, 0.717) is 36.3 Å². The molecule has 3 aromatic rings. The van der Waals surface area contributed by atoms with Crippen molar-refractivity contribution < 1.29 is 14.3 Å². The zero-order valence-electron chi connectivity index (χ0n) is 16.7. The highest BCUT2D eigenvalue weighted by Gasteiger charge is 2.16. The molecule has 7 heteroatoms. The maximum Gasteiger partial charge on any atom is 0.224 e. The Morgan fingerprint density at radius 1 is 1.17 bits per heavy atom. The summed E-state index contributed by atoms with van der Waals surface area (Å²) >= 11 is 7.95. The van der Waals surface area contributed by atoms with E-state index in [4.69, 9.17) is 21.1 Å². The Morgan fingerprint density at radius 3 is 2.73 bits per heavy atom. The van der Waals surface area contributed by atoms with E-state index in [1.54, 1.807) is 17.4 Å². The molecular formula is C23H23ClN2O3S. The van der Waals surface area contributed by atoms with Crippen molar-refractivity contribution in [3.8, 4) is 22.8 Å². The van der Waals surface area contributed by atoms with Gasteiger partial charge < -0.3 is 14.8 Å². The molecule has 0 bridgehead atoms. The van der Waals surface area contributed by atoms with Crippen molar-refractivity contribution in [1.82, 2.24) is 10.3 Å². The van der Waals surface area contributed by atoms with Crippen LogP contribution in [0.1, 0.15) is 22.6 Å². The van der Waals surface area contributed by atoms with Crippen molar-refractivity contribution in [2.75, 3.05) is 19.8 Å². The molecule has 1 aromatic heterocycles. The molecule has 0 unspecified atom stereocenters. The number of nitrogens with one attached hydrogen (secondary N) is 1. The monoisotopic (exact) mass is 442 g/mol. The van der Waals surface area contributed by atoms with Gasteiger partial charge in [0.15, 0.2) is 11.5 Å². The van der Waals surface area contributed by atoms with Gasteiger partial charge in [-0.15, -0.1) is 11.3 Å². The van der Waals surface area contributed by atoms with Crippen molar-refractivity contribution in [3.05, 3.63) is 62.9 Å². The molecule has 1 amide bonds. The fourth-order valence-electron chi connectivity index (χ4n) is 3.32. The van der Waals surface area contributed by atoms with E-state index < -0.39 is 0 Å². The first-order valence-electron chi connectivity index (χ1n) is 9.94. The fraction of sp³-hybridized carbons (Fsp3) is 0.304. The third-order valence-electron chi connectivity index (χ3n) is 4.83. The van der Waals surface area contributed by atoms with Gasteiger partial charge in [0, 0.05) is 23.9 Å². The van der Waals surface area contributed by atoms with Gasteiger partial charge in [-0.25, -0.2) is 4.98 Å². The SMILES string of the molecule is Cc1nc(-c2ccc(CCNC(=O)Cc3cc(Cl)c4c(c3)OCCCO4)cc2)cs1. The number of carbonyl (C=O) groups is 1. The number of hydrogen-bond acceptors (Lipinski definition) is 5. The van der Waals surface area contributed by atoms with Crippen LogP contribution in [0.3, 0.4) is 0 Å². The molecule has 2 heterocycles. The van der Waals surface area contributed by atoms with Crippen molar-refractivity contribution >= 4 is 28.8 Å². The number of halogens is 1. The molecule has 0 saturated carbocycles. The second kappa shape index (κ2) is 9.49. The summed E-state index contributed by atoms with van der Waals surface area (Å²) in [4.78, 5) is 16.9. The number of hydrogen-bond donors (Lipinski definition) is 1. The average molecular weight is 443 g/mol. The number of fused-ring (bicyclic) bond motifs is 1. The zero-order valence-corrected chi connectivity index (χ0v) is 18.3. The van der Waals surface area contributed by atoms with Crippen molar-refractivity contribution in [2.45, 2.75) is 26.2 Å². The molecule has 1 N–H and O–H groups in total. The zero-order chi connectivity index (χ0) is 20.9. The van der Waals surface area contributed by atoms with Gasteiger partial charge >= 0.3 is 0 Å². The third-order valence-corrected chi connectivity index (χ3v) is 5.89. The first-order chi connectivity index (χ1) is 14.6. The van der Waals surface area contributed by atoms with Crippen LogP contribution in [0.25, 0.3) is 11.3 Å². The van der Waals surface area contributed by atoms with Crippen LogP contribution >= 0.6 is 22.9 Å². The predicted octanol–water partition coefficient (Wildman–Crippen LogP) is 4.83. The van der Waals surface area contributed by atoms with E-state index in [0.717, 1.165) is 34.7 Å². The van der Waals surface area contributed by atoms with Crippen LogP contribution < -0.4 is 14.8 Å². The first-order valence-corrected chi connectivity index (χ1v) is 11.2. The van der Waals surface area contributed by atoms with Crippen LogP contribution in [-0.4, -0.2) is 30.6 Å². The summed E-state index contributed by atoms with van der Waals surface area (Å²) in [5.74, 6) is 1.13. The van der Waals surface area contributed by atoms with Gasteiger partial charge in [-0.2, -0.15) is 0 Å². The Bertz CT molecular complexity index is 1030. The molecule has 0 radical (unpaired) electrons. The number of amides is 1. The number of rotatable bonds is 6. The van der Waals surface area contributed by atoms with E-state index in [-0.39, 0.29) is 12.3 Å².